The minimum absolute atomic E-state index is 0.0314. The molecule has 0 aromatic heterocycles. The quantitative estimate of drug-likeness (QED) is 0.457. The van der Waals surface area contributed by atoms with Gasteiger partial charge in [-0.15, -0.1) is 0 Å². The Bertz CT molecular complexity index is 375. The molecule has 0 amide bonds. The van der Waals surface area contributed by atoms with Gasteiger partial charge >= 0.3 is 5.97 Å². The molecule has 0 bridgehead atoms. The zero-order valence-corrected chi connectivity index (χ0v) is 14.9. The standard InChI is InChI=1S/C18H32O4/c1-7-15(19)22-11-17(5,6)9-16(3,4)10-20-12-18(8-2)13-21-14-18/h7H,1,8-14H2,2-6H3. The highest BCUT2D eigenvalue weighted by atomic mass is 16.5. The molecule has 1 aliphatic rings. The molecule has 0 atom stereocenters. The molecule has 1 rings (SSSR count). The Balaban J connectivity index is 2.37. The second kappa shape index (κ2) is 7.60. The van der Waals surface area contributed by atoms with Gasteiger partial charge in [0.2, 0.25) is 0 Å². The molecule has 128 valence electrons. The Morgan fingerprint density at radius 1 is 1.23 bits per heavy atom. The number of hydrogen-bond donors (Lipinski definition) is 0. The van der Waals surface area contributed by atoms with Crippen LogP contribution >= 0.6 is 0 Å². The zero-order valence-electron chi connectivity index (χ0n) is 14.9. The van der Waals surface area contributed by atoms with Crippen molar-refractivity contribution in [2.75, 3.05) is 33.0 Å². The molecule has 0 unspecified atom stereocenters. The lowest BCUT2D eigenvalue weighted by atomic mass is 9.76. The van der Waals surface area contributed by atoms with Crippen molar-refractivity contribution in [1.82, 2.24) is 0 Å². The van der Waals surface area contributed by atoms with Crippen molar-refractivity contribution in [3.8, 4) is 0 Å². The summed E-state index contributed by atoms with van der Waals surface area (Å²) in [5.74, 6) is -0.364. The van der Waals surface area contributed by atoms with Gasteiger partial charge < -0.3 is 14.2 Å². The van der Waals surface area contributed by atoms with Gasteiger partial charge in [-0.2, -0.15) is 0 Å². The highest BCUT2D eigenvalue weighted by Gasteiger charge is 2.38. The van der Waals surface area contributed by atoms with Gasteiger partial charge in [-0.1, -0.05) is 41.2 Å². The van der Waals surface area contributed by atoms with Crippen LogP contribution in [0.1, 0.15) is 47.5 Å². The summed E-state index contributed by atoms with van der Waals surface area (Å²) in [7, 11) is 0. The molecule has 1 fully saturated rings. The fourth-order valence-corrected chi connectivity index (χ4v) is 3.05. The van der Waals surface area contributed by atoms with Crippen molar-refractivity contribution < 1.29 is 19.0 Å². The normalized spacial score (nSPS) is 17.7. The molecule has 0 N–H and O–H groups in total. The Labute approximate surface area is 135 Å². The van der Waals surface area contributed by atoms with E-state index in [-0.39, 0.29) is 22.2 Å². The predicted molar refractivity (Wildman–Crippen MR) is 87.7 cm³/mol. The lowest BCUT2D eigenvalue weighted by Crippen LogP contribution is -2.46. The summed E-state index contributed by atoms with van der Waals surface area (Å²) in [6.45, 7) is 17.7. The largest absolute Gasteiger partial charge is 0.462 e. The first-order valence-corrected chi connectivity index (χ1v) is 8.08. The van der Waals surface area contributed by atoms with Crippen LogP contribution in [0.5, 0.6) is 0 Å². The van der Waals surface area contributed by atoms with E-state index in [4.69, 9.17) is 14.2 Å². The van der Waals surface area contributed by atoms with Gasteiger partial charge in [-0.3, -0.25) is 0 Å². The second-order valence-electron chi connectivity index (χ2n) is 8.16. The fraction of sp³-hybridized carbons (Fsp3) is 0.833. The van der Waals surface area contributed by atoms with Gasteiger partial charge in [0.05, 0.1) is 33.0 Å². The van der Waals surface area contributed by atoms with Crippen LogP contribution in [-0.2, 0) is 19.0 Å². The molecular weight excluding hydrogens is 280 g/mol. The first-order valence-electron chi connectivity index (χ1n) is 8.08. The second-order valence-corrected chi connectivity index (χ2v) is 8.16. The van der Waals surface area contributed by atoms with Gasteiger partial charge in [0, 0.05) is 11.5 Å². The minimum atomic E-state index is -0.364. The summed E-state index contributed by atoms with van der Waals surface area (Å²) in [6, 6.07) is 0. The van der Waals surface area contributed by atoms with Crippen molar-refractivity contribution in [3.05, 3.63) is 12.7 Å². The first kappa shape index (κ1) is 19.2. The molecule has 1 saturated heterocycles. The minimum Gasteiger partial charge on any atom is -0.462 e. The highest BCUT2D eigenvalue weighted by Crippen LogP contribution is 2.36. The molecular formula is C18H32O4. The first-order chi connectivity index (χ1) is 10.1. The number of ether oxygens (including phenoxy) is 3. The molecule has 4 heteroatoms. The number of esters is 1. The molecule has 1 heterocycles. The number of hydrogen-bond acceptors (Lipinski definition) is 4. The third-order valence-corrected chi connectivity index (χ3v) is 4.20. The summed E-state index contributed by atoms with van der Waals surface area (Å²) in [5, 5.41) is 0. The van der Waals surface area contributed by atoms with E-state index in [1.807, 2.05) is 0 Å². The molecule has 1 aliphatic heterocycles. The van der Waals surface area contributed by atoms with E-state index in [0.29, 0.717) is 13.2 Å². The van der Waals surface area contributed by atoms with E-state index in [9.17, 15) is 4.79 Å². The number of rotatable bonds is 10. The van der Waals surface area contributed by atoms with Crippen LogP contribution in [0.25, 0.3) is 0 Å². The van der Waals surface area contributed by atoms with Crippen molar-refractivity contribution in [1.29, 1.82) is 0 Å². The van der Waals surface area contributed by atoms with Crippen LogP contribution in [0.4, 0.5) is 0 Å². The van der Waals surface area contributed by atoms with E-state index in [0.717, 1.165) is 32.7 Å². The Morgan fingerprint density at radius 3 is 2.27 bits per heavy atom. The van der Waals surface area contributed by atoms with Gasteiger partial charge in [-0.05, 0) is 23.7 Å². The third-order valence-electron chi connectivity index (χ3n) is 4.20. The van der Waals surface area contributed by atoms with Gasteiger partial charge in [0.25, 0.3) is 0 Å². The third kappa shape index (κ3) is 6.09. The summed E-state index contributed by atoms with van der Waals surface area (Å²) >= 11 is 0. The average molecular weight is 312 g/mol. The smallest absolute Gasteiger partial charge is 0.330 e. The lowest BCUT2D eigenvalue weighted by molar-refractivity contribution is -0.157. The summed E-state index contributed by atoms with van der Waals surface area (Å²) < 4.78 is 16.5. The summed E-state index contributed by atoms with van der Waals surface area (Å²) in [5.41, 5.74) is 0.169. The van der Waals surface area contributed by atoms with Crippen LogP contribution in [0.15, 0.2) is 12.7 Å². The van der Waals surface area contributed by atoms with Crippen molar-refractivity contribution in [2.45, 2.75) is 47.5 Å². The molecule has 4 nitrogen and oxygen atoms in total. The van der Waals surface area contributed by atoms with E-state index in [1.165, 1.54) is 6.08 Å². The Kier molecular flexibility index (Phi) is 6.63. The van der Waals surface area contributed by atoms with Gasteiger partial charge in [0.15, 0.2) is 0 Å². The van der Waals surface area contributed by atoms with Crippen LogP contribution < -0.4 is 0 Å². The summed E-state index contributed by atoms with van der Waals surface area (Å²) in [4.78, 5) is 11.2. The molecule has 0 spiro atoms. The molecule has 0 aromatic rings. The van der Waals surface area contributed by atoms with Crippen molar-refractivity contribution in [3.63, 3.8) is 0 Å². The SMILES string of the molecule is C=CC(=O)OCC(C)(C)CC(C)(C)COCC1(CC)COC1. The number of carbonyl (C=O) groups is 1. The van der Waals surface area contributed by atoms with Gasteiger partial charge in [0.1, 0.15) is 0 Å². The van der Waals surface area contributed by atoms with E-state index in [1.54, 1.807) is 0 Å². The molecule has 0 aromatic carbocycles. The maximum Gasteiger partial charge on any atom is 0.330 e. The molecule has 0 radical (unpaired) electrons. The van der Waals surface area contributed by atoms with Crippen LogP contribution in [0.3, 0.4) is 0 Å². The summed E-state index contributed by atoms with van der Waals surface area (Å²) in [6.07, 6.45) is 3.21. The van der Waals surface area contributed by atoms with E-state index in [2.05, 4.69) is 41.2 Å². The number of carbonyl (C=O) groups excluding carboxylic acids is 1. The predicted octanol–water partition coefficient (Wildman–Crippen LogP) is 3.60. The van der Waals surface area contributed by atoms with Crippen LogP contribution in [-0.4, -0.2) is 39.0 Å². The van der Waals surface area contributed by atoms with E-state index < -0.39 is 0 Å². The van der Waals surface area contributed by atoms with Crippen molar-refractivity contribution in [2.24, 2.45) is 16.2 Å². The van der Waals surface area contributed by atoms with E-state index >= 15 is 0 Å². The maximum absolute atomic E-state index is 11.2. The fourth-order valence-electron chi connectivity index (χ4n) is 3.05. The van der Waals surface area contributed by atoms with Crippen LogP contribution in [0.2, 0.25) is 0 Å². The molecule has 22 heavy (non-hydrogen) atoms. The average Bonchev–Trinajstić information content (AvgIpc) is 2.38. The van der Waals surface area contributed by atoms with Crippen LogP contribution in [0, 0.1) is 16.2 Å². The Hall–Kier alpha value is -0.870. The topological polar surface area (TPSA) is 44.8 Å². The lowest BCUT2D eigenvalue weighted by Gasteiger charge is -2.41. The monoisotopic (exact) mass is 312 g/mol. The highest BCUT2D eigenvalue weighted by molar-refractivity contribution is 5.81. The van der Waals surface area contributed by atoms with Gasteiger partial charge in [-0.25, -0.2) is 4.79 Å². The zero-order chi connectivity index (χ0) is 16.9. The molecule has 0 aliphatic carbocycles. The molecule has 0 saturated carbocycles. The van der Waals surface area contributed by atoms with Crippen molar-refractivity contribution >= 4 is 5.97 Å². The Morgan fingerprint density at radius 2 is 1.82 bits per heavy atom. The maximum atomic E-state index is 11.2.